The van der Waals surface area contributed by atoms with Crippen LogP contribution in [0.1, 0.15) is 39.8 Å². The zero-order valence-corrected chi connectivity index (χ0v) is 17.4. The van der Waals surface area contributed by atoms with Crippen molar-refractivity contribution in [2.75, 3.05) is 19.6 Å². The minimum atomic E-state index is -0.331. The van der Waals surface area contributed by atoms with Gasteiger partial charge in [0.25, 0.3) is 5.91 Å². The Morgan fingerprint density at radius 2 is 2.14 bits per heavy atom. The van der Waals surface area contributed by atoms with Crippen LogP contribution in [0, 0.1) is 12.7 Å². The van der Waals surface area contributed by atoms with Crippen LogP contribution >= 0.6 is 22.9 Å². The number of benzene rings is 1. The molecule has 1 amide bonds. The smallest absolute Gasteiger partial charge is 0.261 e. The third kappa shape index (κ3) is 3.54. The fourth-order valence-electron chi connectivity index (χ4n) is 3.89. The molecule has 8 heteroatoms. The van der Waals surface area contributed by atoms with Gasteiger partial charge in [0.1, 0.15) is 10.6 Å². The molecule has 1 atom stereocenters. The van der Waals surface area contributed by atoms with Crippen LogP contribution in [-0.2, 0) is 7.05 Å². The lowest BCUT2D eigenvalue weighted by Crippen LogP contribution is -2.37. The van der Waals surface area contributed by atoms with Crippen molar-refractivity contribution >= 4 is 39.1 Å². The molecule has 1 aromatic carbocycles. The number of thiophene rings is 1. The fourth-order valence-corrected chi connectivity index (χ4v) is 5.22. The number of nitrogens with zero attached hydrogens (tertiary/aromatic N) is 3. The second-order valence-corrected chi connectivity index (χ2v) is 8.58. The highest BCUT2D eigenvalue weighted by Gasteiger charge is 2.28. The van der Waals surface area contributed by atoms with E-state index in [0.717, 1.165) is 41.8 Å². The van der Waals surface area contributed by atoms with E-state index in [2.05, 4.69) is 15.3 Å². The van der Waals surface area contributed by atoms with E-state index in [4.69, 9.17) is 11.6 Å². The number of hydrogen-bond donors (Lipinski definition) is 1. The first-order valence-corrected chi connectivity index (χ1v) is 10.5. The van der Waals surface area contributed by atoms with E-state index >= 15 is 0 Å². The summed E-state index contributed by atoms with van der Waals surface area (Å²) in [5.74, 6) is -0.487. The molecule has 3 aromatic rings. The largest absolute Gasteiger partial charge is 0.349 e. The Hall–Kier alpha value is -1.96. The summed E-state index contributed by atoms with van der Waals surface area (Å²) in [6.45, 7) is 3.99. The van der Waals surface area contributed by atoms with Crippen LogP contribution in [0.25, 0.3) is 10.2 Å². The van der Waals surface area contributed by atoms with E-state index in [0.29, 0.717) is 22.0 Å². The molecule has 1 unspecified atom stereocenters. The van der Waals surface area contributed by atoms with Gasteiger partial charge in [0.2, 0.25) is 0 Å². The molecule has 4 rings (SSSR count). The normalized spacial score (nSPS) is 16.0. The molecule has 1 aliphatic heterocycles. The number of rotatable bonds is 5. The van der Waals surface area contributed by atoms with Gasteiger partial charge < -0.3 is 5.32 Å². The van der Waals surface area contributed by atoms with E-state index in [-0.39, 0.29) is 17.8 Å². The first-order chi connectivity index (χ1) is 13.5. The molecule has 0 spiro atoms. The Labute approximate surface area is 172 Å². The van der Waals surface area contributed by atoms with Crippen molar-refractivity contribution in [1.29, 1.82) is 0 Å². The molecule has 3 heterocycles. The number of carbonyl (C=O) groups excluding carboxylic acids is 1. The highest BCUT2D eigenvalue weighted by atomic mass is 35.5. The van der Waals surface area contributed by atoms with Gasteiger partial charge in [-0.05, 0) is 51.1 Å². The molecular formula is C20H22ClFN4OS. The van der Waals surface area contributed by atoms with Gasteiger partial charge in [-0.3, -0.25) is 14.4 Å². The second kappa shape index (κ2) is 7.81. The van der Waals surface area contributed by atoms with Gasteiger partial charge in [0.05, 0.1) is 16.6 Å². The summed E-state index contributed by atoms with van der Waals surface area (Å²) in [6, 6.07) is 6.32. The van der Waals surface area contributed by atoms with Crippen molar-refractivity contribution in [3.63, 3.8) is 0 Å². The number of aromatic nitrogens is 2. The van der Waals surface area contributed by atoms with Crippen molar-refractivity contribution < 1.29 is 9.18 Å². The summed E-state index contributed by atoms with van der Waals surface area (Å²) in [4.78, 5) is 16.6. The van der Waals surface area contributed by atoms with Gasteiger partial charge in [-0.15, -0.1) is 11.3 Å². The third-order valence-electron chi connectivity index (χ3n) is 5.29. The Morgan fingerprint density at radius 1 is 1.39 bits per heavy atom. The Bertz CT molecular complexity index is 970. The molecule has 28 heavy (non-hydrogen) atoms. The van der Waals surface area contributed by atoms with Gasteiger partial charge in [-0.2, -0.15) is 5.10 Å². The molecule has 5 nitrogen and oxygen atoms in total. The van der Waals surface area contributed by atoms with E-state index in [1.54, 1.807) is 16.8 Å². The summed E-state index contributed by atoms with van der Waals surface area (Å²) in [5.41, 5.74) is 1.36. The van der Waals surface area contributed by atoms with Crippen LogP contribution in [0.5, 0.6) is 0 Å². The topological polar surface area (TPSA) is 50.2 Å². The van der Waals surface area contributed by atoms with Crippen molar-refractivity contribution in [3.05, 3.63) is 51.2 Å². The monoisotopic (exact) mass is 420 g/mol. The number of hydrogen-bond acceptors (Lipinski definition) is 4. The molecule has 1 fully saturated rings. The van der Waals surface area contributed by atoms with Crippen LogP contribution in [0.4, 0.5) is 4.39 Å². The molecule has 0 radical (unpaired) electrons. The Kier molecular flexibility index (Phi) is 5.40. The number of aryl methyl sites for hydroxylation is 2. The summed E-state index contributed by atoms with van der Waals surface area (Å²) in [5, 5.41) is 8.75. The van der Waals surface area contributed by atoms with Crippen molar-refractivity contribution in [2.24, 2.45) is 7.05 Å². The quantitative estimate of drug-likeness (QED) is 0.669. The number of nitrogens with one attached hydrogen (secondary N) is 1. The zero-order valence-electron chi connectivity index (χ0n) is 15.8. The Morgan fingerprint density at radius 3 is 2.82 bits per heavy atom. The number of carbonyl (C=O) groups is 1. The Balaban J connectivity index is 1.56. The predicted molar refractivity (Wildman–Crippen MR) is 111 cm³/mol. The predicted octanol–water partition coefficient (Wildman–Crippen LogP) is 4.30. The lowest BCUT2D eigenvalue weighted by Gasteiger charge is -2.29. The van der Waals surface area contributed by atoms with Crippen LogP contribution in [-0.4, -0.2) is 40.2 Å². The average molecular weight is 421 g/mol. The molecule has 1 aliphatic rings. The first kappa shape index (κ1) is 19.4. The molecule has 0 saturated carbocycles. The highest BCUT2D eigenvalue weighted by molar-refractivity contribution is 7.20. The number of halogens is 2. The van der Waals surface area contributed by atoms with Gasteiger partial charge in [0.15, 0.2) is 0 Å². The maximum Gasteiger partial charge on any atom is 0.261 e. The van der Waals surface area contributed by atoms with E-state index in [9.17, 15) is 9.18 Å². The van der Waals surface area contributed by atoms with Crippen LogP contribution in [0.2, 0.25) is 5.02 Å². The van der Waals surface area contributed by atoms with Crippen LogP contribution < -0.4 is 5.32 Å². The molecule has 0 aliphatic carbocycles. The van der Waals surface area contributed by atoms with E-state index < -0.39 is 0 Å². The minimum Gasteiger partial charge on any atom is -0.349 e. The SMILES string of the molecule is Cc1nn(C)c2sc(C(=O)NCC(c3c(F)cccc3Cl)N3CCCC3)cc12. The highest BCUT2D eigenvalue weighted by Crippen LogP contribution is 2.32. The molecular weight excluding hydrogens is 399 g/mol. The lowest BCUT2D eigenvalue weighted by molar-refractivity contribution is 0.0941. The van der Waals surface area contributed by atoms with Crippen LogP contribution in [0.3, 0.4) is 0 Å². The average Bonchev–Trinajstić information content (AvgIpc) is 3.37. The molecule has 1 saturated heterocycles. The van der Waals surface area contributed by atoms with Gasteiger partial charge in [0, 0.05) is 29.6 Å². The maximum absolute atomic E-state index is 14.6. The summed E-state index contributed by atoms with van der Waals surface area (Å²) < 4.78 is 16.3. The molecule has 1 N–H and O–H groups in total. The fraction of sp³-hybridized carbons (Fsp3) is 0.400. The number of fused-ring (bicyclic) bond motifs is 1. The minimum absolute atomic E-state index is 0.155. The first-order valence-electron chi connectivity index (χ1n) is 9.35. The molecule has 148 valence electrons. The van der Waals surface area contributed by atoms with Gasteiger partial charge in [-0.1, -0.05) is 17.7 Å². The van der Waals surface area contributed by atoms with E-state index in [1.165, 1.54) is 17.4 Å². The van der Waals surface area contributed by atoms with Gasteiger partial charge in [-0.25, -0.2) is 4.39 Å². The maximum atomic E-state index is 14.6. The summed E-state index contributed by atoms with van der Waals surface area (Å²) in [6.07, 6.45) is 2.14. The standard InChI is InChI=1S/C20H22ClFN4OS/c1-12-13-10-17(28-20(13)25(2)24-12)19(27)23-11-16(26-8-3-4-9-26)18-14(21)6-5-7-15(18)22/h5-7,10,16H,3-4,8-9,11H2,1-2H3,(H,23,27). The number of amides is 1. The van der Waals surface area contributed by atoms with Crippen molar-refractivity contribution in [2.45, 2.75) is 25.8 Å². The van der Waals surface area contributed by atoms with Gasteiger partial charge >= 0.3 is 0 Å². The molecule has 2 aromatic heterocycles. The second-order valence-electron chi connectivity index (χ2n) is 7.14. The summed E-state index contributed by atoms with van der Waals surface area (Å²) >= 11 is 7.74. The van der Waals surface area contributed by atoms with Crippen molar-refractivity contribution in [3.8, 4) is 0 Å². The van der Waals surface area contributed by atoms with Crippen LogP contribution in [0.15, 0.2) is 24.3 Å². The van der Waals surface area contributed by atoms with E-state index in [1.807, 2.05) is 20.0 Å². The lowest BCUT2D eigenvalue weighted by atomic mass is 10.0. The van der Waals surface area contributed by atoms with Crippen molar-refractivity contribution in [1.82, 2.24) is 20.0 Å². The third-order valence-corrected chi connectivity index (χ3v) is 6.82. The molecule has 0 bridgehead atoms. The zero-order chi connectivity index (χ0) is 19.8. The number of likely N-dealkylation sites (tertiary alicyclic amines) is 1. The summed E-state index contributed by atoms with van der Waals surface area (Å²) in [7, 11) is 1.87.